The highest BCUT2D eigenvalue weighted by atomic mass is 32.1. The van der Waals surface area contributed by atoms with Gasteiger partial charge in [0.15, 0.2) is 5.13 Å². The van der Waals surface area contributed by atoms with E-state index >= 15 is 0 Å². The Hall–Kier alpha value is -2.93. The normalized spacial score (nSPS) is 10.6. The van der Waals surface area contributed by atoms with Crippen LogP contribution in [0.2, 0.25) is 0 Å². The fourth-order valence-corrected chi connectivity index (χ4v) is 3.81. The van der Waals surface area contributed by atoms with Gasteiger partial charge < -0.3 is 15.5 Å². The Bertz CT molecular complexity index is 981. The summed E-state index contributed by atoms with van der Waals surface area (Å²) < 4.78 is 0. The largest absolute Gasteiger partial charge is 0.372 e. The zero-order valence-electron chi connectivity index (χ0n) is 17.3. The number of carbonyl (C=O) groups excluding carboxylic acids is 1. The van der Waals surface area contributed by atoms with Crippen molar-refractivity contribution in [3.63, 3.8) is 0 Å². The second kappa shape index (κ2) is 9.52. The van der Waals surface area contributed by atoms with Crippen molar-refractivity contribution < 1.29 is 4.79 Å². The van der Waals surface area contributed by atoms with Gasteiger partial charge in [0.2, 0.25) is 5.91 Å². The van der Waals surface area contributed by atoms with Gasteiger partial charge in [0.1, 0.15) is 5.82 Å². The van der Waals surface area contributed by atoms with E-state index in [9.17, 15) is 4.79 Å². The van der Waals surface area contributed by atoms with Gasteiger partial charge in [0.05, 0.1) is 12.1 Å². The molecule has 0 spiro atoms. The minimum atomic E-state index is -0.0748. The maximum Gasteiger partial charge on any atom is 0.230 e. The fraction of sp³-hybridized carbons (Fsp3) is 0.318. The van der Waals surface area contributed by atoms with Crippen molar-refractivity contribution in [2.24, 2.45) is 0 Å². The highest BCUT2D eigenvalue weighted by Crippen LogP contribution is 2.24. The van der Waals surface area contributed by atoms with Crippen molar-refractivity contribution >= 4 is 39.6 Å². The van der Waals surface area contributed by atoms with Crippen LogP contribution < -0.4 is 15.5 Å². The van der Waals surface area contributed by atoms with Crippen molar-refractivity contribution in [1.82, 2.24) is 9.97 Å². The van der Waals surface area contributed by atoms with E-state index in [1.54, 1.807) is 6.20 Å². The number of nitrogens with zero attached hydrogens (tertiary/aromatic N) is 3. The van der Waals surface area contributed by atoms with Gasteiger partial charge in [-0.1, -0.05) is 0 Å². The monoisotopic (exact) mass is 409 g/mol. The molecular weight excluding hydrogens is 382 g/mol. The lowest BCUT2D eigenvalue weighted by atomic mass is 10.1. The molecule has 152 valence electrons. The Morgan fingerprint density at radius 3 is 2.62 bits per heavy atom. The van der Waals surface area contributed by atoms with E-state index in [1.807, 2.05) is 37.4 Å². The zero-order valence-corrected chi connectivity index (χ0v) is 18.1. The smallest absolute Gasteiger partial charge is 0.230 e. The first-order valence-corrected chi connectivity index (χ1v) is 10.7. The molecule has 29 heavy (non-hydrogen) atoms. The van der Waals surface area contributed by atoms with Gasteiger partial charge >= 0.3 is 0 Å². The fourth-order valence-electron chi connectivity index (χ4n) is 3.09. The molecule has 2 N–H and O–H groups in total. The summed E-state index contributed by atoms with van der Waals surface area (Å²) in [6.07, 6.45) is 1.99. The minimum Gasteiger partial charge on any atom is -0.372 e. The molecule has 0 fully saturated rings. The van der Waals surface area contributed by atoms with Crippen LogP contribution in [0, 0.1) is 13.8 Å². The van der Waals surface area contributed by atoms with E-state index in [2.05, 4.69) is 51.5 Å². The molecule has 3 rings (SSSR count). The number of thiazole rings is 1. The maximum atomic E-state index is 12.5. The van der Waals surface area contributed by atoms with Gasteiger partial charge in [-0.25, -0.2) is 9.97 Å². The Kier molecular flexibility index (Phi) is 6.82. The number of aromatic nitrogens is 2. The molecule has 0 radical (unpaired) electrons. The van der Waals surface area contributed by atoms with Crippen LogP contribution >= 0.6 is 11.3 Å². The van der Waals surface area contributed by atoms with E-state index in [0.717, 1.165) is 46.5 Å². The van der Waals surface area contributed by atoms with Crippen molar-refractivity contribution in [2.75, 3.05) is 28.6 Å². The van der Waals surface area contributed by atoms with Crippen LogP contribution in [-0.4, -0.2) is 29.0 Å². The average molecular weight is 410 g/mol. The second-order valence-electron chi connectivity index (χ2n) is 6.88. The molecule has 6 nitrogen and oxygen atoms in total. The standard InChI is InChI=1S/C22H27N5OS/c1-5-27(6-2)18-7-8-19(16(4)12-18)25-21(28)13-17-14-29-22(24-17)26-20-11-15(3)9-10-23-20/h7-12,14H,5-6,13H2,1-4H3,(H,25,28)(H,23,24,26). The maximum absolute atomic E-state index is 12.5. The van der Waals surface area contributed by atoms with E-state index < -0.39 is 0 Å². The Balaban J connectivity index is 1.60. The first-order valence-electron chi connectivity index (χ1n) is 9.78. The zero-order chi connectivity index (χ0) is 20.8. The third-order valence-electron chi connectivity index (χ3n) is 4.66. The van der Waals surface area contributed by atoms with Gasteiger partial charge in [-0.15, -0.1) is 11.3 Å². The van der Waals surface area contributed by atoms with Crippen molar-refractivity contribution in [2.45, 2.75) is 34.1 Å². The van der Waals surface area contributed by atoms with E-state index in [4.69, 9.17) is 0 Å². The third kappa shape index (κ3) is 5.54. The predicted octanol–water partition coefficient (Wildman–Crippen LogP) is 4.93. The lowest BCUT2D eigenvalue weighted by Gasteiger charge is -2.22. The molecular formula is C22H27N5OS. The summed E-state index contributed by atoms with van der Waals surface area (Å²) in [5.74, 6) is 0.675. The number of pyridine rings is 1. The molecule has 0 aliphatic rings. The highest BCUT2D eigenvalue weighted by Gasteiger charge is 2.11. The summed E-state index contributed by atoms with van der Waals surface area (Å²) in [7, 11) is 0. The van der Waals surface area contributed by atoms with E-state index in [-0.39, 0.29) is 12.3 Å². The molecule has 2 aromatic heterocycles. The SMILES string of the molecule is CCN(CC)c1ccc(NC(=O)Cc2csc(Nc3cc(C)ccn3)n2)c(C)c1. The molecule has 3 aromatic rings. The number of benzene rings is 1. The molecule has 1 aromatic carbocycles. The van der Waals surface area contributed by atoms with Gasteiger partial charge in [-0.3, -0.25) is 4.79 Å². The van der Waals surface area contributed by atoms with Crippen LogP contribution in [0.5, 0.6) is 0 Å². The summed E-state index contributed by atoms with van der Waals surface area (Å²) in [6.45, 7) is 10.2. The number of hydrogen-bond donors (Lipinski definition) is 2. The van der Waals surface area contributed by atoms with Crippen LogP contribution in [-0.2, 0) is 11.2 Å². The van der Waals surface area contributed by atoms with E-state index in [1.165, 1.54) is 17.0 Å². The number of nitrogens with one attached hydrogen (secondary N) is 2. The van der Waals surface area contributed by atoms with Crippen molar-refractivity contribution in [3.05, 3.63) is 58.7 Å². The molecule has 0 saturated heterocycles. The van der Waals surface area contributed by atoms with Crippen LogP contribution in [0.15, 0.2) is 41.9 Å². The summed E-state index contributed by atoms with van der Waals surface area (Å²) in [5, 5.41) is 8.81. The highest BCUT2D eigenvalue weighted by molar-refractivity contribution is 7.13. The van der Waals surface area contributed by atoms with Gasteiger partial charge in [-0.05, 0) is 69.2 Å². The van der Waals surface area contributed by atoms with Gasteiger partial charge in [-0.2, -0.15) is 0 Å². The summed E-state index contributed by atoms with van der Waals surface area (Å²) >= 11 is 1.46. The molecule has 0 unspecified atom stereocenters. The second-order valence-corrected chi connectivity index (χ2v) is 7.74. The molecule has 7 heteroatoms. The number of rotatable bonds is 8. The van der Waals surface area contributed by atoms with Crippen LogP contribution in [0.4, 0.5) is 22.3 Å². The average Bonchev–Trinajstić information content (AvgIpc) is 3.11. The minimum absolute atomic E-state index is 0.0748. The predicted molar refractivity (Wildman–Crippen MR) is 121 cm³/mol. The Labute approximate surface area is 176 Å². The lowest BCUT2D eigenvalue weighted by Crippen LogP contribution is -2.22. The first kappa shape index (κ1) is 20.8. The molecule has 0 aliphatic heterocycles. The molecule has 1 amide bonds. The number of hydrogen-bond acceptors (Lipinski definition) is 6. The summed E-state index contributed by atoms with van der Waals surface area (Å²) in [4.78, 5) is 23.5. The van der Waals surface area contributed by atoms with Gasteiger partial charge in [0.25, 0.3) is 0 Å². The lowest BCUT2D eigenvalue weighted by molar-refractivity contribution is -0.115. The molecule has 2 heterocycles. The quantitative estimate of drug-likeness (QED) is 0.552. The number of aryl methyl sites for hydroxylation is 2. The number of carbonyl (C=O) groups is 1. The molecule has 0 atom stereocenters. The van der Waals surface area contributed by atoms with Crippen molar-refractivity contribution in [3.8, 4) is 0 Å². The van der Waals surface area contributed by atoms with Crippen LogP contribution in [0.25, 0.3) is 0 Å². The molecule has 0 bridgehead atoms. The summed E-state index contributed by atoms with van der Waals surface area (Å²) in [6, 6.07) is 10.0. The van der Waals surface area contributed by atoms with Crippen LogP contribution in [0.3, 0.4) is 0 Å². The third-order valence-corrected chi connectivity index (χ3v) is 5.46. The first-order chi connectivity index (χ1) is 14.0. The Morgan fingerprint density at radius 2 is 1.93 bits per heavy atom. The Morgan fingerprint density at radius 1 is 1.14 bits per heavy atom. The van der Waals surface area contributed by atoms with E-state index in [0.29, 0.717) is 0 Å². The van der Waals surface area contributed by atoms with Gasteiger partial charge in [0, 0.05) is 36.0 Å². The molecule has 0 aliphatic carbocycles. The van der Waals surface area contributed by atoms with Crippen LogP contribution in [0.1, 0.15) is 30.7 Å². The topological polar surface area (TPSA) is 70.2 Å². The number of anilines is 4. The molecule has 0 saturated carbocycles. The summed E-state index contributed by atoms with van der Waals surface area (Å²) in [5.41, 5.74) is 4.92. The number of amides is 1. The van der Waals surface area contributed by atoms with Crippen molar-refractivity contribution in [1.29, 1.82) is 0 Å².